The molecule has 0 fully saturated rings. The van der Waals surface area contributed by atoms with Crippen LogP contribution in [0.2, 0.25) is 0 Å². The predicted octanol–water partition coefficient (Wildman–Crippen LogP) is 2.51. The van der Waals surface area contributed by atoms with Gasteiger partial charge in [-0.25, -0.2) is 21.8 Å². The number of nitrogens with one attached hydrogen (secondary N) is 1. The lowest BCUT2D eigenvalue weighted by atomic mass is 10.3. The van der Waals surface area contributed by atoms with Crippen LogP contribution < -0.4 is 10.1 Å². The molecule has 0 radical (unpaired) electrons. The van der Waals surface area contributed by atoms with E-state index in [1.165, 1.54) is 31.4 Å². The Morgan fingerprint density at radius 1 is 1.07 bits per heavy atom. The summed E-state index contributed by atoms with van der Waals surface area (Å²) in [4.78, 5) is 16.7. The average Bonchev–Trinajstić information content (AvgIpc) is 3.07. The molecule has 1 N–H and O–H groups in total. The highest BCUT2D eigenvalue weighted by atomic mass is 32.2. The number of methoxy groups -OCH3 is 1. The van der Waals surface area contributed by atoms with Gasteiger partial charge in [-0.1, -0.05) is 11.3 Å². The molecule has 3 rings (SSSR count). The molecular formula is C18H18N2O6S3. The summed E-state index contributed by atoms with van der Waals surface area (Å²) >= 11 is 1.12. The van der Waals surface area contributed by atoms with Crippen molar-refractivity contribution in [2.24, 2.45) is 0 Å². The van der Waals surface area contributed by atoms with Crippen LogP contribution in [0.1, 0.15) is 6.42 Å². The molecule has 0 atom stereocenters. The summed E-state index contributed by atoms with van der Waals surface area (Å²) in [5.41, 5.74) is 0.545. The van der Waals surface area contributed by atoms with E-state index in [4.69, 9.17) is 4.74 Å². The highest BCUT2D eigenvalue weighted by molar-refractivity contribution is 7.91. The molecule has 0 saturated heterocycles. The molecule has 11 heteroatoms. The van der Waals surface area contributed by atoms with Crippen LogP contribution in [0, 0.1) is 0 Å². The number of carbonyl (C=O) groups is 1. The first-order chi connectivity index (χ1) is 13.6. The Balaban J connectivity index is 1.67. The molecule has 0 bridgehead atoms. The Hall–Kier alpha value is -2.50. The van der Waals surface area contributed by atoms with Crippen molar-refractivity contribution in [3.05, 3.63) is 42.5 Å². The van der Waals surface area contributed by atoms with Crippen LogP contribution in [0.4, 0.5) is 5.13 Å². The van der Waals surface area contributed by atoms with Crippen LogP contribution in [0.25, 0.3) is 10.2 Å². The first kappa shape index (κ1) is 21.2. The first-order valence-corrected chi connectivity index (χ1v) is 12.7. The number of hydrogen-bond acceptors (Lipinski definition) is 8. The molecule has 29 heavy (non-hydrogen) atoms. The molecule has 0 saturated carbocycles. The number of amides is 1. The summed E-state index contributed by atoms with van der Waals surface area (Å²) in [5, 5.41) is 2.84. The summed E-state index contributed by atoms with van der Waals surface area (Å²) in [7, 11) is -5.48. The van der Waals surface area contributed by atoms with Crippen LogP contribution >= 0.6 is 11.3 Å². The normalized spacial score (nSPS) is 12.1. The second kappa shape index (κ2) is 8.09. The van der Waals surface area contributed by atoms with E-state index < -0.39 is 25.6 Å². The fourth-order valence-electron chi connectivity index (χ4n) is 2.50. The molecule has 1 amide bonds. The van der Waals surface area contributed by atoms with Crippen LogP contribution in [-0.2, 0) is 24.5 Å². The Kier molecular flexibility index (Phi) is 5.92. The average molecular weight is 455 g/mol. The lowest BCUT2D eigenvalue weighted by molar-refractivity contribution is -0.115. The number of hydrogen-bond donors (Lipinski definition) is 1. The molecular weight excluding hydrogens is 436 g/mol. The van der Waals surface area contributed by atoms with E-state index in [9.17, 15) is 21.6 Å². The van der Waals surface area contributed by atoms with Crippen molar-refractivity contribution < 1.29 is 26.4 Å². The summed E-state index contributed by atoms with van der Waals surface area (Å²) < 4.78 is 53.6. The highest BCUT2D eigenvalue weighted by Crippen LogP contribution is 2.28. The summed E-state index contributed by atoms with van der Waals surface area (Å²) in [6, 6.07) is 10.4. The van der Waals surface area contributed by atoms with Crippen LogP contribution in [0.5, 0.6) is 5.75 Å². The van der Waals surface area contributed by atoms with Gasteiger partial charge < -0.3 is 10.1 Å². The fourth-order valence-corrected chi connectivity index (χ4v) is 5.38. The molecule has 0 unspecified atom stereocenters. The topological polar surface area (TPSA) is 120 Å². The lowest BCUT2D eigenvalue weighted by Gasteiger charge is -2.06. The molecule has 1 aromatic heterocycles. The van der Waals surface area contributed by atoms with Crippen molar-refractivity contribution in [1.82, 2.24) is 4.98 Å². The fraction of sp³-hybridized carbons (Fsp3) is 0.222. The van der Waals surface area contributed by atoms with Crippen LogP contribution in [0.15, 0.2) is 52.3 Å². The van der Waals surface area contributed by atoms with Crippen molar-refractivity contribution >= 4 is 52.3 Å². The predicted molar refractivity (Wildman–Crippen MR) is 111 cm³/mol. The number of carbonyl (C=O) groups excluding carboxylic acids is 1. The lowest BCUT2D eigenvalue weighted by Crippen LogP contribution is -2.17. The monoisotopic (exact) mass is 454 g/mol. The minimum Gasteiger partial charge on any atom is -0.497 e. The third-order valence-electron chi connectivity index (χ3n) is 4.05. The van der Waals surface area contributed by atoms with Gasteiger partial charge in [0, 0.05) is 12.7 Å². The largest absolute Gasteiger partial charge is 0.497 e. The van der Waals surface area contributed by atoms with Gasteiger partial charge in [0.15, 0.2) is 24.8 Å². The van der Waals surface area contributed by atoms with Gasteiger partial charge in [-0.3, -0.25) is 4.79 Å². The standard InChI is InChI=1S/C18H18N2O6S3/c1-26-12-3-5-13(6-4-12)29(24,25)10-9-17(21)20-18-19-15-8-7-14(28(2,22)23)11-16(15)27-18/h3-8,11H,9-10H2,1-2H3,(H,19,20,21). The van der Waals surface area contributed by atoms with Crippen molar-refractivity contribution in [2.45, 2.75) is 16.2 Å². The van der Waals surface area contributed by atoms with E-state index in [0.29, 0.717) is 16.0 Å². The van der Waals surface area contributed by atoms with E-state index in [1.54, 1.807) is 18.2 Å². The Morgan fingerprint density at radius 2 is 1.72 bits per heavy atom. The van der Waals surface area contributed by atoms with Crippen molar-refractivity contribution in [3.63, 3.8) is 0 Å². The Labute approximate surface area is 172 Å². The van der Waals surface area contributed by atoms with E-state index in [-0.39, 0.29) is 27.1 Å². The number of sulfone groups is 2. The van der Waals surface area contributed by atoms with Gasteiger partial charge >= 0.3 is 0 Å². The maximum Gasteiger partial charge on any atom is 0.227 e. The van der Waals surface area contributed by atoms with Crippen molar-refractivity contribution in [3.8, 4) is 5.75 Å². The number of aromatic nitrogens is 1. The zero-order valence-electron chi connectivity index (χ0n) is 15.6. The smallest absolute Gasteiger partial charge is 0.227 e. The minimum absolute atomic E-state index is 0.111. The number of rotatable bonds is 7. The summed E-state index contributed by atoms with van der Waals surface area (Å²) in [6.07, 6.45) is 0.875. The van der Waals surface area contributed by atoms with E-state index >= 15 is 0 Å². The molecule has 2 aromatic carbocycles. The second-order valence-electron chi connectivity index (χ2n) is 6.21. The van der Waals surface area contributed by atoms with Gasteiger partial charge in [0.2, 0.25) is 5.91 Å². The van der Waals surface area contributed by atoms with Gasteiger partial charge in [0.25, 0.3) is 0 Å². The number of anilines is 1. The molecule has 0 aliphatic heterocycles. The Bertz CT molecular complexity index is 1260. The van der Waals surface area contributed by atoms with E-state index in [0.717, 1.165) is 17.6 Å². The quantitative estimate of drug-likeness (QED) is 0.582. The molecule has 0 spiro atoms. The molecule has 154 valence electrons. The van der Waals surface area contributed by atoms with Crippen LogP contribution in [-0.4, -0.2) is 46.8 Å². The third kappa shape index (κ3) is 5.11. The number of thiazole rings is 1. The van der Waals surface area contributed by atoms with Gasteiger partial charge in [0.05, 0.1) is 32.9 Å². The molecule has 3 aromatic rings. The third-order valence-corrected chi connectivity index (χ3v) is 7.83. The van der Waals surface area contributed by atoms with Gasteiger partial charge in [-0.05, 0) is 42.5 Å². The van der Waals surface area contributed by atoms with E-state index in [1.807, 2.05) is 0 Å². The van der Waals surface area contributed by atoms with Gasteiger partial charge in [-0.15, -0.1) is 0 Å². The number of fused-ring (bicyclic) bond motifs is 1. The van der Waals surface area contributed by atoms with Gasteiger partial charge in [-0.2, -0.15) is 0 Å². The van der Waals surface area contributed by atoms with E-state index in [2.05, 4.69) is 10.3 Å². The first-order valence-electron chi connectivity index (χ1n) is 8.36. The zero-order chi connectivity index (χ0) is 21.2. The maximum absolute atomic E-state index is 12.4. The Morgan fingerprint density at radius 3 is 2.34 bits per heavy atom. The maximum atomic E-state index is 12.4. The van der Waals surface area contributed by atoms with Crippen molar-refractivity contribution in [1.29, 1.82) is 0 Å². The molecule has 0 aliphatic carbocycles. The zero-order valence-corrected chi connectivity index (χ0v) is 18.0. The number of nitrogens with zero attached hydrogens (tertiary/aromatic N) is 1. The van der Waals surface area contributed by atoms with Crippen molar-refractivity contribution in [2.75, 3.05) is 24.4 Å². The summed E-state index contributed by atoms with van der Waals surface area (Å²) in [5.74, 6) is -0.310. The molecule has 0 aliphatic rings. The molecule has 1 heterocycles. The SMILES string of the molecule is COc1ccc(S(=O)(=O)CCC(=O)Nc2nc3ccc(S(C)(=O)=O)cc3s2)cc1. The summed E-state index contributed by atoms with van der Waals surface area (Å²) in [6.45, 7) is 0. The highest BCUT2D eigenvalue weighted by Gasteiger charge is 2.18. The number of ether oxygens (including phenoxy) is 1. The van der Waals surface area contributed by atoms with Crippen LogP contribution in [0.3, 0.4) is 0 Å². The minimum atomic E-state index is -3.62. The number of benzene rings is 2. The van der Waals surface area contributed by atoms with Gasteiger partial charge in [0.1, 0.15) is 5.75 Å². The molecule has 8 nitrogen and oxygen atoms in total. The second-order valence-corrected chi connectivity index (χ2v) is 11.4.